The van der Waals surface area contributed by atoms with Crippen molar-refractivity contribution in [3.63, 3.8) is 0 Å². The Kier molecular flexibility index (Phi) is 3.25. The van der Waals surface area contributed by atoms with E-state index in [2.05, 4.69) is 11.8 Å². The summed E-state index contributed by atoms with van der Waals surface area (Å²) >= 11 is 0. The van der Waals surface area contributed by atoms with Crippen molar-refractivity contribution >= 4 is 11.4 Å². The molecule has 0 aliphatic heterocycles. The summed E-state index contributed by atoms with van der Waals surface area (Å²) in [5.41, 5.74) is 17.1. The van der Waals surface area contributed by atoms with Crippen molar-refractivity contribution in [2.75, 3.05) is 11.5 Å². The molecule has 0 spiro atoms. The first kappa shape index (κ1) is 12.1. The molecule has 0 amide bonds. The van der Waals surface area contributed by atoms with Crippen LogP contribution in [0.4, 0.5) is 11.4 Å². The molecule has 0 bridgehead atoms. The topological polar surface area (TPSA) is 52.0 Å². The van der Waals surface area contributed by atoms with E-state index in [1.165, 1.54) is 0 Å². The molecule has 2 nitrogen and oxygen atoms in total. The maximum Gasteiger partial charge on any atom is 0.0329 e. The fourth-order valence-corrected chi connectivity index (χ4v) is 1.91. The molecule has 2 aromatic rings. The normalized spacial score (nSPS) is 9.67. The number of rotatable bonds is 0. The molecule has 4 N–H and O–H groups in total. The second-order valence-corrected chi connectivity index (χ2v) is 4.51. The summed E-state index contributed by atoms with van der Waals surface area (Å²) in [5.74, 6) is 6.22. The van der Waals surface area contributed by atoms with Gasteiger partial charge in [-0.2, -0.15) is 0 Å². The Morgan fingerprint density at radius 3 is 1.39 bits per heavy atom. The molecule has 2 heteroatoms. The van der Waals surface area contributed by atoms with Crippen LogP contribution in [-0.2, 0) is 0 Å². The third-order valence-electron chi connectivity index (χ3n) is 2.55. The van der Waals surface area contributed by atoms with Crippen molar-refractivity contribution in [3.8, 4) is 11.8 Å². The van der Waals surface area contributed by atoms with Crippen LogP contribution in [-0.4, -0.2) is 0 Å². The van der Waals surface area contributed by atoms with E-state index in [9.17, 15) is 0 Å². The van der Waals surface area contributed by atoms with Gasteiger partial charge in [0.15, 0.2) is 0 Å². The third-order valence-corrected chi connectivity index (χ3v) is 2.55. The zero-order valence-electron chi connectivity index (χ0n) is 10.6. The van der Waals surface area contributed by atoms with Crippen LogP contribution in [0.5, 0.6) is 0 Å². The summed E-state index contributed by atoms with van der Waals surface area (Å²) in [7, 11) is 0. The van der Waals surface area contributed by atoms with E-state index in [1.54, 1.807) is 0 Å². The summed E-state index contributed by atoms with van der Waals surface area (Å²) in [6, 6.07) is 11.6. The fourth-order valence-electron chi connectivity index (χ4n) is 1.91. The Labute approximate surface area is 108 Å². The monoisotopic (exact) mass is 236 g/mol. The van der Waals surface area contributed by atoms with Crippen LogP contribution in [0.2, 0.25) is 0 Å². The van der Waals surface area contributed by atoms with Gasteiger partial charge in [0, 0.05) is 22.5 Å². The highest BCUT2D eigenvalue weighted by molar-refractivity contribution is 5.54. The first-order valence-electron chi connectivity index (χ1n) is 5.79. The van der Waals surface area contributed by atoms with E-state index in [1.807, 2.05) is 50.2 Å². The molecule has 0 aliphatic rings. The first-order chi connectivity index (χ1) is 8.52. The molecule has 0 saturated heterocycles. The fraction of sp³-hybridized carbons (Fsp3) is 0.125. The molecule has 0 aliphatic carbocycles. The average molecular weight is 236 g/mol. The van der Waals surface area contributed by atoms with Crippen molar-refractivity contribution in [1.29, 1.82) is 0 Å². The van der Waals surface area contributed by atoms with Crippen molar-refractivity contribution < 1.29 is 0 Å². The molecule has 90 valence electrons. The Balaban J connectivity index is 2.36. The van der Waals surface area contributed by atoms with Crippen molar-refractivity contribution in [2.24, 2.45) is 0 Å². The maximum absolute atomic E-state index is 5.79. The predicted molar refractivity (Wildman–Crippen MR) is 77.2 cm³/mol. The Morgan fingerprint density at radius 1 is 0.667 bits per heavy atom. The van der Waals surface area contributed by atoms with Gasteiger partial charge in [0.2, 0.25) is 0 Å². The minimum Gasteiger partial charge on any atom is -0.399 e. The van der Waals surface area contributed by atoms with Gasteiger partial charge in [0.05, 0.1) is 0 Å². The number of hydrogen-bond donors (Lipinski definition) is 2. The van der Waals surface area contributed by atoms with Crippen molar-refractivity contribution in [2.45, 2.75) is 13.8 Å². The lowest BCUT2D eigenvalue weighted by Crippen LogP contribution is -1.89. The van der Waals surface area contributed by atoms with Gasteiger partial charge in [0.1, 0.15) is 0 Å². The highest BCUT2D eigenvalue weighted by Crippen LogP contribution is 2.12. The first-order valence-corrected chi connectivity index (χ1v) is 5.79. The predicted octanol–water partition coefficient (Wildman–Crippen LogP) is 2.87. The number of aryl methyl sites for hydroxylation is 2. The van der Waals surface area contributed by atoms with E-state index >= 15 is 0 Å². The van der Waals surface area contributed by atoms with E-state index < -0.39 is 0 Å². The largest absolute Gasteiger partial charge is 0.399 e. The summed E-state index contributed by atoms with van der Waals surface area (Å²) < 4.78 is 0. The van der Waals surface area contributed by atoms with Gasteiger partial charge in [-0.05, 0) is 61.4 Å². The van der Waals surface area contributed by atoms with Crippen LogP contribution >= 0.6 is 0 Å². The highest BCUT2D eigenvalue weighted by Gasteiger charge is 1.94. The lowest BCUT2D eigenvalue weighted by atomic mass is 10.1. The molecule has 0 saturated carbocycles. The summed E-state index contributed by atoms with van der Waals surface area (Å²) in [6.45, 7) is 4.01. The molecule has 0 heterocycles. The van der Waals surface area contributed by atoms with Gasteiger partial charge in [-0.25, -0.2) is 0 Å². The zero-order chi connectivity index (χ0) is 13.1. The number of benzene rings is 2. The quantitative estimate of drug-likeness (QED) is 0.546. The molecule has 0 aromatic heterocycles. The Hall–Kier alpha value is -2.40. The van der Waals surface area contributed by atoms with Gasteiger partial charge < -0.3 is 11.5 Å². The maximum atomic E-state index is 5.79. The van der Waals surface area contributed by atoms with Gasteiger partial charge in [-0.3, -0.25) is 0 Å². The van der Waals surface area contributed by atoms with E-state index in [0.29, 0.717) is 0 Å². The molecule has 2 rings (SSSR count). The Bertz CT molecular complexity index is 550. The van der Waals surface area contributed by atoms with E-state index in [-0.39, 0.29) is 0 Å². The highest BCUT2D eigenvalue weighted by atomic mass is 14.5. The number of nitrogens with two attached hydrogens (primary N) is 2. The molecule has 18 heavy (non-hydrogen) atoms. The van der Waals surface area contributed by atoms with Crippen molar-refractivity contribution in [3.05, 3.63) is 58.7 Å². The number of nitrogen functional groups attached to an aromatic ring is 2. The average Bonchev–Trinajstić information content (AvgIpc) is 2.23. The van der Waals surface area contributed by atoms with Crippen LogP contribution < -0.4 is 11.5 Å². The molecule has 0 fully saturated rings. The van der Waals surface area contributed by atoms with E-state index in [4.69, 9.17) is 11.5 Å². The van der Waals surface area contributed by atoms with Crippen LogP contribution in [0.15, 0.2) is 36.4 Å². The second-order valence-electron chi connectivity index (χ2n) is 4.51. The summed E-state index contributed by atoms with van der Waals surface area (Å²) in [5, 5.41) is 0. The Morgan fingerprint density at radius 2 is 1.06 bits per heavy atom. The minimum absolute atomic E-state index is 0.739. The summed E-state index contributed by atoms with van der Waals surface area (Å²) in [6.07, 6.45) is 0. The van der Waals surface area contributed by atoms with Gasteiger partial charge >= 0.3 is 0 Å². The van der Waals surface area contributed by atoms with Gasteiger partial charge in [-0.1, -0.05) is 11.8 Å². The van der Waals surface area contributed by atoms with Crippen LogP contribution in [0.3, 0.4) is 0 Å². The number of anilines is 2. The molecule has 0 radical (unpaired) electrons. The van der Waals surface area contributed by atoms with Crippen LogP contribution in [0.1, 0.15) is 22.3 Å². The minimum atomic E-state index is 0.739. The smallest absolute Gasteiger partial charge is 0.0329 e. The molecule has 0 unspecified atom stereocenters. The zero-order valence-corrected chi connectivity index (χ0v) is 10.6. The molecular weight excluding hydrogens is 220 g/mol. The van der Waals surface area contributed by atoms with Gasteiger partial charge in [-0.15, -0.1) is 0 Å². The second kappa shape index (κ2) is 4.85. The molecule has 0 atom stereocenters. The lowest BCUT2D eigenvalue weighted by molar-refractivity contribution is 1.45. The third kappa shape index (κ3) is 3.05. The number of hydrogen-bond acceptors (Lipinski definition) is 2. The van der Waals surface area contributed by atoms with Crippen LogP contribution in [0, 0.1) is 25.7 Å². The molecular formula is C16H16N2. The molecule has 2 aromatic carbocycles. The standard InChI is InChI=1S/C16H16N2/c1-11-5-13(9-15(17)7-11)3-4-14-6-12(2)8-16(18)10-14/h5-10H,17-18H2,1-2H3. The van der Waals surface area contributed by atoms with Crippen LogP contribution in [0.25, 0.3) is 0 Å². The van der Waals surface area contributed by atoms with Gasteiger partial charge in [0.25, 0.3) is 0 Å². The van der Waals surface area contributed by atoms with Crippen molar-refractivity contribution in [1.82, 2.24) is 0 Å². The lowest BCUT2D eigenvalue weighted by Gasteiger charge is -1.99. The van der Waals surface area contributed by atoms with E-state index in [0.717, 1.165) is 33.6 Å². The SMILES string of the molecule is Cc1cc(N)cc(C#Cc2cc(C)cc(N)c2)c1. The summed E-state index contributed by atoms with van der Waals surface area (Å²) in [4.78, 5) is 0.